The Labute approximate surface area is 215 Å². The molecule has 0 aliphatic carbocycles. The minimum absolute atomic E-state index is 0.267. The fraction of sp³-hybridized carbons (Fsp3) is 0.231. The highest BCUT2D eigenvalue weighted by atomic mass is 79.9. The average molecular weight is 584 g/mol. The first-order valence-corrected chi connectivity index (χ1v) is 12.0. The van der Waals surface area contributed by atoms with Crippen LogP contribution in [0.2, 0.25) is 0 Å². The van der Waals surface area contributed by atoms with Crippen LogP contribution in [-0.4, -0.2) is 32.1 Å². The Morgan fingerprint density at radius 1 is 0.941 bits per heavy atom. The second kappa shape index (κ2) is 11.0. The summed E-state index contributed by atoms with van der Waals surface area (Å²) in [6.45, 7) is 22.6. The number of hydrogen-bond donors (Lipinski definition) is 2. The number of benzene rings is 2. The topological polar surface area (TPSA) is 59.0 Å². The highest BCUT2D eigenvalue weighted by molar-refractivity contribution is 9.11. The Balaban J connectivity index is 0.000000192. The van der Waals surface area contributed by atoms with Gasteiger partial charge >= 0.3 is 0 Å². The van der Waals surface area contributed by atoms with Gasteiger partial charge in [-0.3, -0.25) is 0 Å². The van der Waals surface area contributed by atoms with Crippen molar-refractivity contribution in [3.8, 4) is 0 Å². The summed E-state index contributed by atoms with van der Waals surface area (Å²) in [5, 5.41) is 20.4. The number of rotatable bonds is 5. The molecule has 0 amide bonds. The molecule has 1 atom stereocenters. The molecule has 2 aromatic heterocycles. The van der Waals surface area contributed by atoms with Crippen LogP contribution in [0.5, 0.6) is 0 Å². The summed E-state index contributed by atoms with van der Waals surface area (Å²) in [6, 6.07) is 7.75. The molecule has 6 nitrogen and oxygen atoms in total. The van der Waals surface area contributed by atoms with Crippen LogP contribution >= 0.6 is 31.9 Å². The van der Waals surface area contributed by atoms with Crippen LogP contribution in [0.15, 0.2) is 58.3 Å². The molecule has 0 spiro atoms. The van der Waals surface area contributed by atoms with Crippen molar-refractivity contribution < 1.29 is 10.2 Å². The lowest BCUT2D eigenvalue weighted by Gasteiger charge is -2.10. The first-order valence-electron chi connectivity index (χ1n) is 10.5. The normalized spacial score (nSPS) is 11.5. The third-order valence-corrected chi connectivity index (χ3v) is 6.75. The van der Waals surface area contributed by atoms with Crippen molar-refractivity contribution in [1.29, 1.82) is 0 Å². The first kappa shape index (κ1) is 25.7. The number of aryl methyl sites for hydroxylation is 2. The number of hydrogen-bond acceptors (Lipinski definition) is 2. The minimum Gasteiger partial charge on any atom is -0.394 e. The smallest absolute Gasteiger partial charge is 0.190 e. The molecule has 0 radical (unpaired) electrons. The summed E-state index contributed by atoms with van der Waals surface area (Å²) < 4.78 is 5.90. The average Bonchev–Trinajstić information content (AvgIpc) is 3.28. The zero-order chi connectivity index (χ0) is 25.0. The minimum atomic E-state index is -0.784. The first-order chi connectivity index (χ1) is 16.2. The highest BCUT2D eigenvalue weighted by Gasteiger charge is 2.12. The maximum Gasteiger partial charge on any atom is 0.190 e. The van der Waals surface area contributed by atoms with Crippen LogP contribution in [0.3, 0.4) is 0 Å². The summed E-state index contributed by atoms with van der Waals surface area (Å²) in [4.78, 5) is 6.99. The van der Waals surface area contributed by atoms with Gasteiger partial charge in [0.05, 0.1) is 32.4 Å². The van der Waals surface area contributed by atoms with Gasteiger partial charge in [0.15, 0.2) is 11.4 Å². The molecular weight excluding hydrogens is 560 g/mol. The number of allylic oxidation sites excluding steroid dienone is 1. The van der Waals surface area contributed by atoms with E-state index in [9.17, 15) is 5.11 Å². The lowest BCUT2D eigenvalue weighted by molar-refractivity contribution is 0.0822. The van der Waals surface area contributed by atoms with Crippen molar-refractivity contribution in [2.24, 2.45) is 0 Å². The van der Waals surface area contributed by atoms with Crippen LogP contribution in [0.25, 0.3) is 31.5 Å². The van der Waals surface area contributed by atoms with Crippen LogP contribution < -0.4 is 0 Å². The van der Waals surface area contributed by atoms with Gasteiger partial charge in [0.25, 0.3) is 0 Å². The summed E-state index contributed by atoms with van der Waals surface area (Å²) in [7, 11) is 0. The van der Waals surface area contributed by atoms with E-state index in [2.05, 4.69) is 58.8 Å². The molecule has 0 fully saturated rings. The zero-order valence-electron chi connectivity index (χ0n) is 18.9. The molecule has 0 aliphatic rings. The Kier molecular flexibility index (Phi) is 8.35. The predicted octanol–water partition coefficient (Wildman–Crippen LogP) is 7.07. The highest BCUT2D eigenvalue weighted by Crippen LogP contribution is 2.33. The van der Waals surface area contributed by atoms with Crippen molar-refractivity contribution in [2.45, 2.75) is 33.0 Å². The van der Waals surface area contributed by atoms with Crippen LogP contribution in [-0.2, 0) is 13.1 Å². The molecule has 1 unspecified atom stereocenters. The summed E-state index contributed by atoms with van der Waals surface area (Å²) >= 11 is 6.97. The van der Waals surface area contributed by atoms with Crippen LogP contribution in [0.4, 0.5) is 11.4 Å². The molecule has 0 bridgehead atoms. The Hall–Kier alpha value is -2.88. The van der Waals surface area contributed by atoms with E-state index in [-0.39, 0.29) is 6.61 Å². The summed E-state index contributed by atoms with van der Waals surface area (Å²) in [6.07, 6.45) is 4.97. The SMILES string of the molecule is [C-]#[N+]c1cc2c(Br)cn(CC(O)CO)c2cc1C.[C-]#[N+]c1cc2c(Br)cn(CC=C)c2cc1C. The third kappa shape index (κ3) is 5.27. The molecule has 0 saturated heterocycles. The van der Waals surface area contributed by atoms with E-state index in [0.717, 1.165) is 48.4 Å². The van der Waals surface area contributed by atoms with Crippen molar-refractivity contribution in [2.75, 3.05) is 6.61 Å². The van der Waals surface area contributed by atoms with E-state index in [0.29, 0.717) is 17.9 Å². The van der Waals surface area contributed by atoms with E-state index >= 15 is 0 Å². The van der Waals surface area contributed by atoms with Gasteiger partial charge in [0.1, 0.15) is 0 Å². The predicted molar refractivity (Wildman–Crippen MR) is 145 cm³/mol. The summed E-state index contributed by atoms with van der Waals surface area (Å²) in [5.41, 5.74) is 5.34. The molecule has 0 aliphatic heterocycles. The van der Waals surface area contributed by atoms with E-state index in [1.165, 1.54) is 0 Å². The molecule has 2 aromatic carbocycles. The molecular formula is C26H24Br2N4O2. The van der Waals surface area contributed by atoms with Gasteiger partial charge in [-0.05, 0) is 81.1 Å². The van der Waals surface area contributed by atoms with Gasteiger partial charge in [0.2, 0.25) is 0 Å². The number of aliphatic hydroxyl groups is 2. The van der Waals surface area contributed by atoms with Gasteiger partial charge in [-0.25, -0.2) is 9.69 Å². The molecule has 174 valence electrons. The monoisotopic (exact) mass is 582 g/mol. The number of halogens is 2. The molecule has 2 N–H and O–H groups in total. The van der Waals surface area contributed by atoms with Crippen molar-refractivity contribution in [3.63, 3.8) is 0 Å². The standard InChI is InChI=1S/C13H13BrN2O2.C13H11BrN2/c1-8-3-13-10(4-12(8)15-2)11(14)6-16(13)5-9(18)7-17;1-4-5-16-8-11(14)10-7-12(15-3)9(2)6-13(10)16/h3-4,6,9,17-18H,5,7H2,1H3;4,6-8H,1,5H2,2H3. The fourth-order valence-electron chi connectivity index (χ4n) is 3.74. The lowest BCUT2D eigenvalue weighted by atomic mass is 10.1. The number of nitrogens with zero attached hydrogens (tertiary/aromatic N) is 4. The fourth-order valence-corrected chi connectivity index (χ4v) is 4.87. The second-order valence-corrected chi connectivity index (χ2v) is 9.63. The molecule has 8 heteroatoms. The van der Waals surface area contributed by atoms with Gasteiger partial charge in [-0.1, -0.05) is 6.08 Å². The zero-order valence-corrected chi connectivity index (χ0v) is 22.1. The van der Waals surface area contributed by atoms with Crippen LogP contribution in [0, 0.1) is 27.0 Å². The van der Waals surface area contributed by atoms with Gasteiger partial charge < -0.3 is 19.3 Å². The number of fused-ring (bicyclic) bond motifs is 2. The van der Waals surface area contributed by atoms with Crippen molar-refractivity contribution >= 4 is 65.0 Å². The summed E-state index contributed by atoms with van der Waals surface area (Å²) in [5.74, 6) is 0. The Morgan fingerprint density at radius 2 is 1.41 bits per heavy atom. The van der Waals surface area contributed by atoms with Gasteiger partial charge in [-0.15, -0.1) is 6.58 Å². The Morgan fingerprint density at radius 3 is 1.85 bits per heavy atom. The van der Waals surface area contributed by atoms with Gasteiger partial charge in [0, 0.05) is 49.7 Å². The largest absolute Gasteiger partial charge is 0.394 e. The number of aromatic nitrogens is 2. The van der Waals surface area contributed by atoms with E-state index in [1.54, 1.807) is 0 Å². The molecule has 0 saturated carbocycles. The molecule has 34 heavy (non-hydrogen) atoms. The molecule has 4 aromatic rings. The molecule has 4 rings (SSSR count). The quantitative estimate of drug-likeness (QED) is 0.195. The van der Waals surface area contributed by atoms with Crippen molar-refractivity contribution in [3.05, 3.63) is 92.2 Å². The third-order valence-electron chi connectivity index (χ3n) is 5.49. The van der Waals surface area contributed by atoms with E-state index in [4.69, 9.17) is 18.3 Å². The Bertz CT molecular complexity index is 1450. The maximum atomic E-state index is 9.52. The van der Waals surface area contributed by atoms with E-state index < -0.39 is 6.10 Å². The number of aliphatic hydroxyl groups excluding tert-OH is 2. The van der Waals surface area contributed by atoms with Gasteiger partial charge in [-0.2, -0.15) is 0 Å². The molecule has 2 heterocycles. The van der Waals surface area contributed by atoms with Crippen molar-refractivity contribution in [1.82, 2.24) is 9.13 Å². The van der Waals surface area contributed by atoms with E-state index in [1.807, 2.05) is 55.1 Å². The lowest BCUT2D eigenvalue weighted by Crippen LogP contribution is -2.19. The van der Waals surface area contributed by atoms with Crippen LogP contribution in [0.1, 0.15) is 11.1 Å². The maximum absolute atomic E-state index is 9.52. The second-order valence-electron chi connectivity index (χ2n) is 7.92.